The highest BCUT2D eigenvalue weighted by Gasteiger charge is 2.23. The summed E-state index contributed by atoms with van der Waals surface area (Å²) in [5.41, 5.74) is 1.03. The van der Waals surface area contributed by atoms with Gasteiger partial charge in [-0.1, -0.05) is 26.0 Å². The molecule has 1 amide bonds. The predicted molar refractivity (Wildman–Crippen MR) is 88.6 cm³/mol. The average molecular weight is 322 g/mol. The van der Waals surface area contributed by atoms with Crippen LogP contribution >= 0.6 is 0 Å². The SMILES string of the molecule is CC(C)CCC(=O)NCC(c1ccc(F)cc1)N1CCOCC1. The number of ether oxygens (including phenoxy) is 1. The van der Waals surface area contributed by atoms with Gasteiger partial charge in [0.15, 0.2) is 0 Å². The molecule has 1 atom stereocenters. The Hall–Kier alpha value is -1.46. The summed E-state index contributed by atoms with van der Waals surface area (Å²) in [6.45, 7) is 7.80. The lowest BCUT2D eigenvalue weighted by atomic mass is 10.0. The van der Waals surface area contributed by atoms with Crippen molar-refractivity contribution in [3.05, 3.63) is 35.6 Å². The van der Waals surface area contributed by atoms with Gasteiger partial charge in [0.1, 0.15) is 5.82 Å². The zero-order chi connectivity index (χ0) is 16.7. The van der Waals surface area contributed by atoms with Gasteiger partial charge in [0.2, 0.25) is 5.91 Å². The number of morpholine rings is 1. The van der Waals surface area contributed by atoms with Gasteiger partial charge in [-0.15, -0.1) is 0 Å². The summed E-state index contributed by atoms with van der Waals surface area (Å²) in [6, 6.07) is 6.61. The highest BCUT2D eigenvalue weighted by atomic mass is 19.1. The molecule has 1 saturated heterocycles. The number of carbonyl (C=O) groups excluding carboxylic acids is 1. The summed E-state index contributed by atoms with van der Waals surface area (Å²) in [5.74, 6) is 0.363. The predicted octanol–water partition coefficient (Wildman–Crippen LogP) is 2.75. The third kappa shape index (κ3) is 5.92. The molecule has 23 heavy (non-hydrogen) atoms. The van der Waals surface area contributed by atoms with Gasteiger partial charge in [-0.05, 0) is 30.0 Å². The molecular weight excluding hydrogens is 295 g/mol. The monoisotopic (exact) mass is 322 g/mol. The van der Waals surface area contributed by atoms with Crippen LogP contribution in [0.4, 0.5) is 4.39 Å². The highest BCUT2D eigenvalue weighted by Crippen LogP contribution is 2.21. The van der Waals surface area contributed by atoms with Crippen molar-refractivity contribution >= 4 is 5.91 Å². The molecule has 0 spiro atoms. The van der Waals surface area contributed by atoms with Gasteiger partial charge in [0.25, 0.3) is 0 Å². The lowest BCUT2D eigenvalue weighted by Crippen LogP contribution is -2.43. The standard InChI is InChI=1S/C18H27FN2O2/c1-14(2)3-8-18(22)20-13-17(21-9-11-23-12-10-21)15-4-6-16(19)7-5-15/h4-7,14,17H,3,8-13H2,1-2H3,(H,20,22). The molecule has 0 aliphatic carbocycles. The van der Waals surface area contributed by atoms with Gasteiger partial charge in [0.05, 0.1) is 19.3 Å². The summed E-state index contributed by atoms with van der Waals surface area (Å²) in [4.78, 5) is 14.3. The Morgan fingerprint density at radius 3 is 2.52 bits per heavy atom. The molecule has 1 unspecified atom stereocenters. The van der Waals surface area contributed by atoms with Gasteiger partial charge in [-0.25, -0.2) is 4.39 Å². The van der Waals surface area contributed by atoms with Gasteiger partial charge >= 0.3 is 0 Å². The number of halogens is 1. The van der Waals surface area contributed by atoms with Crippen LogP contribution in [0.25, 0.3) is 0 Å². The molecule has 1 N–H and O–H groups in total. The molecule has 128 valence electrons. The maximum absolute atomic E-state index is 13.2. The molecule has 0 saturated carbocycles. The molecule has 2 rings (SSSR count). The summed E-state index contributed by atoms with van der Waals surface area (Å²) < 4.78 is 18.6. The van der Waals surface area contributed by atoms with Crippen LogP contribution < -0.4 is 5.32 Å². The second-order valence-electron chi connectivity index (χ2n) is 6.45. The van der Waals surface area contributed by atoms with Gasteiger partial charge in [-0.2, -0.15) is 0 Å². The van der Waals surface area contributed by atoms with E-state index in [1.54, 1.807) is 12.1 Å². The van der Waals surface area contributed by atoms with Crippen LogP contribution in [-0.4, -0.2) is 43.7 Å². The topological polar surface area (TPSA) is 41.6 Å². The Morgan fingerprint density at radius 2 is 1.91 bits per heavy atom. The van der Waals surface area contributed by atoms with Crippen molar-refractivity contribution in [1.29, 1.82) is 0 Å². The van der Waals surface area contributed by atoms with Crippen molar-refractivity contribution in [2.45, 2.75) is 32.7 Å². The van der Waals surface area contributed by atoms with Crippen molar-refractivity contribution < 1.29 is 13.9 Å². The Bertz CT molecular complexity index is 484. The van der Waals surface area contributed by atoms with Crippen LogP contribution in [0, 0.1) is 11.7 Å². The van der Waals surface area contributed by atoms with Gasteiger partial charge < -0.3 is 10.1 Å². The fourth-order valence-electron chi connectivity index (χ4n) is 2.75. The van der Waals surface area contributed by atoms with E-state index in [9.17, 15) is 9.18 Å². The first-order chi connectivity index (χ1) is 11.1. The summed E-state index contributed by atoms with van der Waals surface area (Å²) in [7, 11) is 0. The minimum atomic E-state index is -0.240. The first-order valence-corrected chi connectivity index (χ1v) is 8.40. The van der Waals surface area contributed by atoms with E-state index >= 15 is 0 Å². The van der Waals surface area contributed by atoms with E-state index < -0.39 is 0 Å². The van der Waals surface area contributed by atoms with Crippen LogP contribution in [-0.2, 0) is 9.53 Å². The zero-order valence-electron chi connectivity index (χ0n) is 14.1. The van der Waals surface area contributed by atoms with Crippen molar-refractivity contribution in [3.63, 3.8) is 0 Å². The summed E-state index contributed by atoms with van der Waals surface area (Å²) in [5, 5.41) is 3.03. The molecule has 0 aromatic heterocycles. The molecule has 1 aromatic carbocycles. The van der Waals surface area contributed by atoms with Crippen LogP contribution in [0.15, 0.2) is 24.3 Å². The number of hydrogen-bond acceptors (Lipinski definition) is 3. The third-order valence-corrected chi connectivity index (χ3v) is 4.18. The Balaban J connectivity index is 1.98. The Kier molecular flexibility index (Phi) is 6.99. The second kappa shape index (κ2) is 8.99. The molecule has 4 nitrogen and oxygen atoms in total. The molecule has 1 heterocycles. The zero-order valence-corrected chi connectivity index (χ0v) is 14.1. The van der Waals surface area contributed by atoms with E-state index in [1.165, 1.54) is 12.1 Å². The third-order valence-electron chi connectivity index (χ3n) is 4.18. The smallest absolute Gasteiger partial charge is 0.220 e. The lowest BCUT2D eigenvalue weighted by molar-refractivity contribution is -0.121. The number of rotatable bonds is 7. The molecular formula is C18H27FN2O2. The van der Waals surface area contributed by atoms with Crippen molar-refractivity contribution in [2.24, 2.45) is 5.92 Å². The van der Waals surface area contributed by atoms with Crippen LogP contribution in [0.5, 0.6) is 0 Å². The lowest BCUT2D eigenvalue weighted by Gasteiger charge is -2.35. The second-order valence-corrected chi connectivity index (χ2v) is 6.45. The average Bonchev–Trinajstić information content (AvgIpc) is 2.55. The van der Waals surface area contributed by atoms with E-state index in [1.807, 2.05) is 0 Å². The number of carbonyl (C=O) groups is 1. The first kappa shape index (κ1) is 17.9. The van der Waals surface area contributed by atoms with E-state index in [4.69, 9.17) is 4.74 Å². The largest absolute Gasteiger partial charge is 0.379 e. The van der Waals surface area contributed by atoms with E-state index in [0.717, 1.165) is 25.1 Å². The number of nitrogens with zero attached hydrogens (tertiary/aromatic N) is 1. The molecule has 1 aliphatic rings. The quantitative estimate of drug-likeness (QED) is 0.839. The van der Waals surface area contributed by atoms with Crippen LogP contribution in [0.2, 0.25) is 0 Å². The number of benzene rings is 1. The Labute approximate surface area is 138 Å². The van der Waals surface area contributed by atoms with Crippen LogP contribution in [0.3, 0.4) is 0 Å². The van der Waals surface area contributed by atoms with Gasteiger partial charge in [-0.3, -0.25) is 9.69 Å². The van der Waals surface area contributed by atoms with E-state index in [2.05, 4.69) is 24.1 Å². The van der Waals surface area contributed by atoms with E-state index in [0.29, 0.717) is 32.1 Å². The minimum Gasteiger partial charge on any atom is -0.379 e. The normalized spacial score (nSPS) is 17.2. The molecule has 5 heteroatoms. The van der Waals surface area contributed by atoms with Crippen LogP contribution in [0.1, 0.15) is 38.3 Å². The molecule has 1 aliphatic heterocycles. The molecule has 1 fully saturated rings. The number of hydrogen-bond donors (Lipinski definition) is 1. The molecule has 0 radical (unpaired) electrons. The fraction of sp³-hybridized carbons (Fsp3) is 0.611. The first-order valence-electron chi connectivity index (χ1n) is 8.40. The number of nitrogens with one attached hydrogen (secondary N) is 1. The minimum absolute atomic E-state index is 0.0579. The fourth-order valence-corrected chi connectivity index (χ4v) is 2.75. The molecule has 0 bridgehead atoms. The maximum Gasteiger partial charge on any atom is 0.220 e. The van der Waals surface area contributed by atoms with Crippen molar-refractivity contribution in [1.82, 2.24) is 10.2 Å². The highest BCUT2D eigenvalue weighted by molar-refractivity contribution is 5.75. The summed E-state index contributed by atoms with van der Waals surface area (Å²) >= 11 is 0. The van der Waals surface area contributed by atoms with E-state index in [-0.39, 0.29) is 17.8 Å². The van der Waals surface area contributed by atoms with Crippen molar-refractivity contribution in [3.8, 4) is 0 Å². The van der Waals surface area contributed by atoms with Crippen molar-refractivity contribution in [2.75, 3.05) is 32.8 Å². The summed E-state index contributed by atoms with van der Waals surface area (Å²) in [6.07, 6.45) is 1.45. The van der Waals surface area contributed by atoms with Gasteiger partial charge in [0, 0.05) is 26.1 Å². The Morgan fingerprint density at radius 1 is 1.26 bits per heavy atom. The molecule has 1 aromatic rings. The number of amides is 1. The maximum atomic E-state index is 13.2.